The van der Waals surface area contributed by atoms with Crippen molar-refractivity contribution in [3.05, 3.63) is 17.7 Å². The fraction of sp³-hybridized carbons (Fsp3) is 0.636. The average molecular weight is 225 g/mol. The molecule has 2 N–H and O–H groups in total. The highest BCUT2D eigenvalue weighted by Crippen LogP contribution is 2.06. The van der Waals surface area contributed by atoms with Crippen LogP contribution in [0.3, 0.4) is 0 Å². The molecule has 1 heterocycles. The summed E-state index contributed by atoms with van der Waals surface area (Å²) in [5.74, 6) is -0.795. The van der Waals surface area contributed by atoms with Gasteiger partial charge < -0.3 is 15.0 Å². The summed E-state index contributed by atoms with van der Waals surface area (Å²) < 4.78 is 1.99. The molecule has 1 aromatic rings. The number of aliphatic carboxylic acids is 1. The van der Waals surface area contributed by atoms with E-state index in [1.807, 2.05) is 25.3 Å². The van der Waals surface area contributed by atoms with Crippen molar-refractivity contribution in [1.82, 2.24) is 14.9 Å². The van der Waals surface area contributed by atoms with Crippen molar-refractivity contribution in [2.75, 3.05) is 6.54 Å². The van der Waals surface area contributed by atoms with Gasteiger partial charge in [-0.3, -0.25) is 4.79 Å². The number of likely N-dealkylation sites (N-methyl/N-ethyl adjacent to an activating group) is 1. The van der Waals surface area contributed by atoms with Gasteiger partial charge in [-0.25, -0.2) is 4.98 Å². The molecule has 0 saturated heterocycles. The Balaban J connectivity index is 2.55. The van der Waals surface area contributed by atoms with Crippen LogP contribution in [0.4, 0.5) is 0 Å². The summed E-state index contributed by atoms with van der Waals surface area (Å²) in [6, 6.07) is -0.480. The van der Waals surface area contributed by atoms with E-state index in [0.29, 0.717) is 19.5 Å². The lowest BCUT2D eigenvalue weighted by Gasteiger charge is -2.13. The maximum absolute atomic E-state index is 10.9. The minimum Gasteiger partial charge on any atom is -0.480 e. The first kappa shape index (κ1) is 12.7. The largest absolute Gasteiger partial charge is 0.480 e. The van der Waals surface area contributed by atoms with Gasteiger partial charge in [0.2, 0.25) is 0 Å². The van der Waals surface area contributed by atoms with Crippen LogP contribution in [0.5, 0.6) is 0 Å². The average Bonchev–Trinajstić information content (AvgIpc) is 2.55. The van der Waals surface area contributed by atoms with Gasteiger partial charge in [0.1, 0.15) is 6.04 Å². The van der Waals surface area contributed by atoms with Gasteiger partial charge in [0.05, 0.1) is 12.0 Å². The van der Waals surface area contributed by atoms with Gasteiger partial charge in [-0.2, -0.15) is 0 Å². The van der Waals surface area contributed by atoms with Crippen molar-refractivity contribution >= 4 is 5.97 Å². The van der Waals surface area contributed by atoms with Gasteiger partial charge in [0, 0.05) is 12.2 Å². The Morgan fingerprint density at radius 2 is 2.31 bits per heavy atom. The molecule has 0 aromatic carbocycles. The predicted octanol–water partition coefficient (Wildman–Crippen LogP) is 0.953. The molecule has 1 rings (SSSR count). The van der Waals surface area contributed by atoms with Crippen LogP contribution in [0.15, 0.2) is 6.33 Å². The number of nitrogens with one attached hydrogen (secondary N) is 1. The molecule has 90 valence electrons. The smallest absolute Gasteiger partial charge is 0.320 e. The van der Waals surface area contributed by atoms with Crippen LogP contribution in [0.1, 0.15) is 24.7 Å². The van der Waals surface area contributed by atoms with Gasteiger partial charge in [-0.05, 0) is 26.8 Å². The number of hydrogen-bond acceptors (Lipinski definition) is 3. The minimum absolute atomic E-state index is 0.480. The molecule has 0 aliphatic rings. The SMILES string of the molecule is CCNC(CCn1cnc(C)c1C)C(=O)O. The molecule has 0 radical (unpaired) electrons. The normalized spacial score (nSPS) is 12.7. The van der Waals surface area contributed by atoms with E-state index >= 15 is 0 Å². The van der Waals surface area contributed by atoms with Crippen LogP contribution in [0.25, 0.3) is 0 Å². The number of aryl methyl sites for hydroxylation is 2. The molecule has 1 unspecified atom stereocenters. The van der Waals surface area contributed by atoms with Crippen LogP contribution in [0.2, 0.25) is 0 Å². The fourth-order valence-electron chi connectivity index (χ4n) is 1.60. The predicted molar refractivity (Wildman–Crippen MR) is 61.4 cm³/mol. The van der Waals surface area contributed by atoms with E-state index in [2.05, 4.69) is 10.3 Å². The molecule has 0 saturated carbocycles. The Hall–Kier alpha value is -1.36. The summed E-state index contributed by atoms with van der Waals surface area (Å²) >= 11 is 0. The van der Waals surface area contributed by atoms with Crippen LogP contribution in [0, 0.1) is 13.8 Å². The molecular weight excluding hydrogens is 206 g/mol. The topological polar surface area (TPSA) is 67.2 Å². The molecule has 1 aromatic heterocycles. The van der Waals surface area contributed by atoms with Gasteiger partial charge in [-0.15, -0.1) is 0 Å². The van der Waals surface area contributed by atoms with E-state index in [4.69, 9.17) is 5.11 Å². The third-order valence-corrected chi connectivity index (χ3v) is 2.75. The standard InChI is InChI=1S/C11H19N3O2/c1-4-12-10(11(15)16)5-6-14-7-13-8(2)9(14)3/h7,10,12H,4-6H2,1-3H3,(H,15,16). The number of carbonyl (C=O) groups is 1. The lowest BCUT2D eigenvalue weighted by atomic mass is 10.2. The van der Waals surface area contributed by atoms with Crippen molar-refractivity contribution in [3.8, 4) is 0 Å². The van der Waals surface area contributed by atoms with Crippen molar-refractivity contribution in [1.29, 1.82) is 0 Å². The maximum atomic E-state index is 10.9. The monoisotopic (exact) mass is 225 g/mol. The Bertz CT molecular complexity index is 360. The molecular formula is C11H19N3O2. The first-order valence-corrected chi connectivity index (χ1v) is 5.50. The van der Waals surface area contributed by atoms with Crippen molar-refractivity contribution in [2.45, 2.75) is 39.8 Å². The quantitative estimate of drug-likeness (QED) is 0.756. The third kappa shape index (κ3) is 3.06. The highest BCUT2D eigenvalue weighted by atomic mass is 16.4. The summed E-state index contributed by atoms with van der Waals surface area (Å²) in [6.07, 6.45) is 2.33. The van der Waals surface area contributed by atoms with Crippen LogP contribution in [-0.4, -0.2) is 33.2 Å². The Morgan fingerprint density at radius 1 is 1.62 bits per heavy atom. The van der Waals surface area contributed by atoms with E-state index in [1.54, 1.807) is 6.33 Å². The van der Waals surface area contributed by atoms with E-state index < -0.39 is 12.0 Å². The number of carboxylic acid groups (broad SMARTS) is 1. The molecule has 1 atom stereocenters. The van der Waals surface area contributed by atoms with Crippen LogP contribution < -0.4 is 5.32 Å². The second-order valence-electron chi connectivity index (χ2n) is 3.85. The summed E-state index contributed by atoms with van der Waals surface area (Å²) in [5, 5.41) is 11.9. The van der Waals surface area contributed by atoms with Crippen molar-refractivity contribution < 1.29 is 9.90 Å². The molecule has 0 fully saturated rings. The lowest BCUT2D eigenvalue weighted by molar-refractivity contribution is -0.139. The molecule has 0 bridgehead atoms. The summed E-state index contributed by atoms with van der Waals surface area (Å²) in [7, 11) is 0. The number of carboxylic acids is 1. The van der Waals surface area contributed by atoms with E-state index in [0.717, 1.165) is 11.4 Å². The molecule has 16 heavy (non-hydrogen) atoms. The number of imidazole rings is 1. The van der Waals surface area contributed by atoms with Crippen molar-refractivity contribution in [3.63, 3.8) is 0 Å². The lowest BCUT2D eigenvalue weighted by Crippen LogP contribution is -2.37. The first-order chi connectivity index (χ1) is 7.56. The molecule has 5 nitrogen and oxygen atoms in total. The number of hydrogen-bond donors (Lipinski definition) is 2. The van der Waals surface area contributed by atoms with E-state index in [9.17, 15) is 4.79 Å². The Morgan fingerprint density at radius 3 is 2.75 bits per heavy atom. The van der Waals surface area contributed by atoms with Gasteiger partial charge in [0.25, 0.3) is 0 Å². The van der Waals surface area contributed by atoms with E-state index in [1.165, 1.54) is 0 Å². The minimum atomic E-state index is -0.795. The second kappa shape index (κ2) is 5.65. The van der Waals surface area contributed by atoms with Gasteiger partial charge >= 0.3 is 5.97 Å². The highest BCUT2D eigenvalue weighted by molar-refractivity contribution is 5.73. The highest BCUT2D eigenvalue weighted by Gasteiger charge is 2.15. The molecule has 0 spiro atoms. The summed E-state index contributed by atoms with van der Waals surface area (Å²) in [4.78, 5) is 15.1. The Kier molecular flexibility index (Phi) is 4.49. The van der Waals surface area contributed by atoms with Gasteiger partial charge in [0.15, 0.2) is 0 Å². The van der Waals surface area contributed by atoms with Crippen molar-refractivity contribution in [2.24, 2.45) is 0 Å². The second-order valence-corrected chi connectivity index (χ2v) is 3.85. The fourth-order valence-corrected chi connectivity index (χ4v) is 1.60. The third-order valence-electron chi connectivity index (χ3n) is 2.75. The first-order valence-electron chi connectivity index (χ1n) is 5.50. The number of rotatable bonds is 6. The van der Waals surface area contributed by atoms with E-state index in [-0.39, 0.29) is 0 Å². The van der Waals surface area contributed by atoms with Gasteiger partial charge in [-0.1, -0.05) is 6.92 Å². The molecule has 5 heteroatoms. The molecule has 0 amide bonds. The number of nitrogens with zero attached hydrogens (tertiary/aromatic N) is 2. The zero-order valence-electron chi connectivity index (χ0n) is 10.0. The molecule has 0 aliphatic heterocycles. The zero-order valence-corrected chi connectivity index (χ0v) is 10.0. The maximum Gasteiger partial charge on any atom is 0.320 e. The summed E-state index contributed by atoms with van der Waals surface area (Å²) in [6.45, 7) is 7.19. The van der Waals surface area contributed by atoms with Crippen LogP contribution >= 0.6 is 0 Å². The molecule has 0 aliphatic carbocycles. The van der Waals surface area contributed by atoms with Crippen LogP contribution in [-0.2, 0) is 11.3 Å². The number of aromatic nitrogens is 2. The zero-order chi connectivity index (χ0) is 12.1. The summed E-state index contributed by atoms with van der Waals surface area (Å²) in [5.41, 5.74) is 2.09. The Labute approximate surface area is 95.5 Å².